The molecule has 2 heterocycles. The molecule has 0 aromatic carbocycles. The van der Waals surface area contributed by atoms with Crippen molar-refractivity contribution in [2.75, 3.05) is 0 Å². The summed E-state index contributed by atoms with van der Waals surface area (Å²) in [5, 5.41) is 8.73. The molecule has 0 amide bonds. The third kappa shape index (κ3) is 2.08. The van der Waals surface area contributed by atoms with Crippen molar-refractivity contribution in [3.05, 3.63) is 39.3 Å². The lowest BCUT2D eigenvalue weighted by molar-refractivity contribution is 0.660. The minimum absolute atomic E-state index is 0.543. The van der Waals surface area contributed by atoms with E-state index in [1.165, 1.54) is 11.3 Å². The van der Waals surface area contributed by atoms with Gasteiger partial charge in [-0.15, -0.1) is 11.6 Å². The van der Waals surface area contributed by atoms with Crippen LogP contribution in [0.15, 0.2) is 16.8 Å². The van der Waals surface area contributed by atoms with E-state index in [-0.39, 0.29) is 0 Å². The summed E-state index contributed by atoms with van der Waals surface area (Å²) in [7, 11) is 0. The molecule has 0 bridgehead atoms. The van der Waals surface area contributed by atoms with Gasteiger partial charge >= 0.3 is 0 Å². The van der Waals surface area contributed by atoms with E-state index in [4.69, 9.17) is 11.6 Å². The largest absolute Gasteiger partial charge is 0.265 e. The lowest BCUT2D eigenvalue weighted by Gasteiger charge is -2.02. The zero-order chi connectivity index (χ0) is 10.8. The molecule has 0 unspecified atom stereocenters. The highest BCUT2D eigenvalue weighted by Crippen LogP contribution is 2.17. The Morgan fingerprint density at radius 3 is 2.80 bits per heavy atom. The second-order valence-corrected chi connectivity index (χ2v) is 4.62. The summed E-state index contributed by atoms with van der Waals surface area (Å²) >= 11 is 7.60. The minimum Gasteiger partial charge on any atom is -0.265 e. The van der Waals surface area contributed by atoms with Crippen molar-refractivity contribution >= 4 is 22.9 Å². The second kappa shape index (κ2) is 4.37. The molecular formula is C11H13ClN2S. The SMILES string of the molecule is Cc1nn(Cc2ccsc2)c(C)c1CCl. The third-order valence-electron chi connectivity index (χ3n) is 2.58. The molecule has 2 aromatic heterocycles. The zero-order valence-electron chi connectivity index (χ0n) is 8.83. The summed E-state index contributed by atoms with van der Waals surface area (Å²) in [6, 6.07) is 2.13. The third-order valence-corrected chi connectivity index (χ3v) is 3.58. The topological polar surface area (TPSA) is 17.8 Å². The zero-order valence-corrected chi connectivity index (χ0v) is 10.4. The number of nitrogens with zero attached hydrogens (tertiary/aromatic N) is 2. The van der Waals surface area contributed by atoms with Crippen LogP contribution in [0.1, 0.15) is 22.5 Å². The first-order chi connectivity index (χ1) is 7.22. The minimum atomic E-state index is 0.543. The number of rotatable bonds is 3. The Balaban J connectivity index is 2.29. The van der Waals surface area contributed by atoms with Crippen molar-refractivity contribution in [1.29, 1.82) is 0 Å². The molecule has 0 saturated heterocycles. The molecule has 2 nitrogen and oxygen atoms in total. The van der Waals surface area contributed by atoms with E-state index >= 15 is 0 Å². The fraction of sp³-hybridized carbons (Fsp3) is 0.364. The van der Waals surface area contributed by atoms with Crippen LogP contribution in [0.2, 0.25) is 0 Å². The molecular weight excluding hydrogens is 228 g/mol. The van der Waals surface area contributed by atoms with Gasteiger partial charge in [0.05, 0.1) is 18.1 Å². The monoisotopic (exact) mass is 240 g/mol. The molecule has 0 fully saturated rings. The van der Waals surface area contributed by atoms with Crippen LogP contribution in [-0.2, 0) is 12.4 Å². The van der Waals surface area contributed by atoms with E-state index in [2.05, 4.69) is 28.8 Å². The molecule has 4 heteroatoms. The van der Waals surface area contributed by atoms with Crippen molar-refractivity contribution < 1.29 is 0 Å². The number of hydrogen-bond donors (Lipinski definition) is 0. The summed E-state index contributed by atoms with van der Waals surface area (Å²) in [5.74, 6) is 0.543. The Kier molecular flexibility index (Phi) is 3.12. The van der Waals surface area contributed by atoms with E-state index in [0.717, 1.165) is 17.8 Å². The standard InChI is InChI=1S/C11H13ClN2S/c1-8-11(5-12)9(2)14(13-8)6-10-3-4-15-7-10/h3-4,7H,5-6H2,1-2H3. The highest BCUT2D eigenvalue weighted by Gasteiger charge is 2.10. The number of halogens is 1. The Hall–Kier alpha value is -0.800. The molecule has 15 heavy (non-hydrogen) atoms. The van der Waals surface area contributed by atoms with Crippen LogP contribution in [0, 0.1) is 13.8 Å². The number of aryl methyl sites for hydroxylation is 1. The highest BCUT2D eigenvalue weighted by atomic mass is 35.5. The summed E-state index contributed by atoms with van der Waals surface area (Å²) in [6.07, 6.45) is 0. The molecule has 0 spiro atoms. The molecule has 0 aliphatic carbocycles. The molecule has 0 N–H and O–H groups in total. The van der Waals surface area contributed by atoms with E-state index in [1.54, 1.807) is 11.3 Å². The summed E-state index contributed by atoms with van der Waals surface area (Å²) in [6.45, 7) is 4.92. The lowest BCUT2D eigenvalue weighted by atomic mass is 10.2. The van der Waals surface area contributed by atoms with Crippen LogP contribution in [0.5, 0.6) is 0 Å². The first kappa shape index (κ1) is 10.7. The van der Waals surface area contributed by atoms with Crippen molar-refractivity contribution in [1.82, 2.24) is 9.78 Å². The molecule has 2 aromatic rings. The van der Waals surface area contributed by atoms with Gasteiger partial charge in [0.1, 0.15) is 0 Å². The van der Waals surface area contributed by atoms with Crippen molar-refractivity contribution in [3.8, 4) is 0 Å². The maximum atomic E-state index is 5.88. The Morgan fingerprint density at radius 1 is 1.47 bits per heavy atom. The Bertz CT molecular complexity index is 445. The van der Waals surface area contributed by atoms with Gasteiger partial charge in [0, 0.05) is 11.3 Å². The Morgan fingerprint density at radius 2 is 2.27 bits per heavy atom. The Labute approximate surface area is 98.5 Å². The van der Waals surface area contributed by atoms with Crippen LogP contribution < -0.4 is 0 Å². The first-order valence-electron chi connectivity index (χ1n) is 4.82. The molecule has 0 atom stereocenters. The van der Waals surface area contributed by atoms with Gasteiger partial charge in [0.2, 0.25) is 0 Å². The van der Waals surface area contributed by atoms with Crippen LogP contribution in [0.25, 0.3) is 0 Å². The molecule has 0 radical (unpaired) electrons. The van der Waals surface area contributed by atoms with Gasteiger partial charge < -0.3 is 0 Å². The van der Waals surface area contributed by atoms with Crippen molar-refractivity contribution in [2.24, 2.45) is 0 Å². The van der Waals surface area contributed by atoms with E-state index in [0.29, 0.717) is 5.88 Å². The molecule has 0 aliphatic heterocycles. The van der Waals surface area contributed by atoms with Crippen molar-refractivity contribution in [3.63, 3.8) is 0 Å². The number of hydrogen-bond acceptors (Lipinski definition) is 2. The van der Waals surface area contributed by atoms with Gasteiger partial charge in [-0.25, -0.2) is 0 Å². The normalized spacial score (nSPS) is 10.9. The fourth-order valence-electron chi connectivity index (χ4n) is 1.64. The average Bonchev–Trinajstić information content (AvgIpc) is 2.78. The van der Waals surface area contributed by atoms with Crippen LogP contribution >= 0.6 is 22.9 Å². The number of thiophene rings is 1. The van der Waals surface area contributed by atoms with Gasteiger partial charge in [-0.05, 0) is 36.2 Å². The van der Waals surface area contributed by atoms with Gasteiger partial charge in [-0.2, -0.15) is 16.4 Å². The summed E-state index contributed by atoms with van der Waals surface area (Å²) in [5.41, 5.74) is 4.67. The maximum absolute atomic E-state index is 5.88. The summed E-state index contributed by atoms with van der Waals surface area (Å²) < 4.78 is 2.02. The predicted octanol–water partition coefficient (Wildman–Crippen LogP) is 3.35. The van der Waals surface area contributed by atoms with Gasteiger partial charge in [-0.3, -0.25) is 4.68 Å². The average molecular weight is 241 g/mol. The van der Waals surface area contributed by atoms with Gasteiger partial charge in [0.25, 0.3) is 0 Å². The second-order valence-electron chi connectivity index (χ2n) is 3.57. The number of alkyl halides is 1. The molecule has 0 aliphatic rings. The molecule has 2 rings (SSSR count). The fourth-order valence-corrected chi connectivity index (χ4v) is 2.68. The first-order valence-corrected chi connectivity index (χ1v) is 6.30. The summed E-state index contributed by atoms with van der Waals surface area (Å²) in [4.78, 5) is 0. The van der Waals surface area contributed by atoms with E-state index in [9.17, 15) is 0 Å². The number of aromatic nitrogens is 2. The van der Waals surface area contributed by atoms with Crippen molar-refractivity contribution in [2.45, 2.75) is 26.3 Å². The molecule has 80 valence electrons. The van der Waals surface area contributed by atoms with Crippen LogP contribution in [-0.4, -0.2) is 9.78 Å². The van der Waals surface area contributed by atoms with Crippen LogP contribution in [0.4, 0.5) is 0 Å². The van der Waals surface area contributed by atoms with E-state index in [1.807, 2.05) is 11.6 Å². The van der Waals surface area contributed by atoms with Gasteiger partial charge in [0.15, 0.2) is 0 Å². The maximum Gasteiger partial charge on any atom is 0.0670 e. The quantitative estimate of drug-likeness (QED) is 0.753. The van der Waals surface area contributed by atoms with E-state index < -0.39 is 0 Å². The van der Waals surface area contributed by atoms with Gasteiger partial charge in [-0.1, -0.05) is 0 Å². The lowest BCUT2D eigenvalue weighted by Crippen LogP contribution is -2.03. The molecule has 0 saturated carbocycles. The van der Waals surface area contributed by atoms with Crippen LogP contribution in [0.3, 0.4) is 0 Å². The predicted molar refractivity (Wildman–Crippen MR) is 64.7 cm³/mol. The smallest absolute Gasteiger partial charge is 0.0670 e. The highest BCUT2D eigenvalue weighted by molar-refractivity contribution is 7.07.